The zero-order valence-corrected chi connectivity index (χ0v) is 19.1. The summed E-state index contributed by atoms with van der Waals surface area (Å²) in [6, 6.07) is 4.13. The standard InChI is InChI=1S/C23H27N5O2S/c1-23(2,3)13-28-19-8-7-18(25-20(19)26(4)22(28)30)17-9-16-6-5-14(17)11-27(16)21(29)15-10-24-31-12-15/h7-10,12,14,16H,5-6,11,13H2,1-4H3. The van der Waals surface area contributed by atoms with Crippen LogP contribution in [0.15, 0.2) is 34.6 Å². The number of hydrogen-bond acceptors (Lipinski definition) is 5. The molecule has 1 aliphatic carbocycles. The number of rotatable bonds is 3. The van der Waals surface area contributed by atoms with Crippen molar-refractivity contribution in [3.8, 4) is 0 Å². The third-order valence-electron chi connectivity index (χ3n) is 6.29. The molecule has 7 nitrogen and oxygen atoms in total. The van der Waals surface area contributed by atoms with Gasteiger partial charge in [0.1, 0.15) is 0 Å². The highest BCUT2D eigenvalue weighted by Crippen LogP contribution is 2.40. The van der Waals surface area contributed by atoms with E-state index in [9.17, 15) is 9.59 Å². The second-order valence-electron chi connectivity index (χ2n) is 9.86. The number of nitrogens with zero attached hydrogens (tertiary/aromatic N) is 5. The van der Waals surface area contributed by atoms with Gasteiger partial charge in [-0.05, 0) is 47.5 Å². The van der Waals surface area contributed by atoms with Crippen molar-refractivity contribution in [3.63, 3.8) is 0 Å². The van der Waals surface area contributed by atoms with Crippen molar-refractivity contribution in [2.24, 2.45) is 18.4 Å². The first-order valence-corrected chi connectivity index (χ1v) is 11.6. The number of fused-ring (bicyclic) bond motifs is 3. The lowest BCUT2D eigenvalue weighted by molar-refractivity contribution is 0.0610. The highest BCUT2D eigenvalue weighted by molar-refractivity contribution is 7.03. The van der Waals surface area contributed by atoms with Crippen molar-refractivity contribution in [2.45, 2.75) is 46.2 Å². The molecule has 162 valence electrons. The Hall–Kier alpha value is -2.74. The smallest absolute Gasteiger partial charge is 0.330 e. The van der Waals surface area contributed by atoms with E-state index in [1.54, 1.807) is 17.8 Å². The second kappa shape index (κ2) is 7.15. The minimum absolute atomic E-state index is 0.00417. The van der Waals surface area contributed by atoms with Crippen molar-refractivity contribution in [2.75, 3.05) is 6.54 Å². The van der Waals surface area contributed by atoms with E-state index >= 15 is 0 Å². The highest BCUT2D eigenvalue weighted by Gasteiger charge is 2.38. The molecule has 1 fully saturated rings. The molecule has 0 radical (unpaired) electrons. The summed E-state index contributed by atoms with van der Waals surface area (Å²) < 4.78 is 7.54. The van der Waals surface area contributed by atoms with Gasteiger partial charge in [-0.3, -0.25) is 13.9 Å². The fourth-order valence-corrected chi connectivity index (χ4v) is 5.34. The summed E-state index contributed by atoms with van der Waals surface area (Å²) in [7, 11) is 1.79. The van der Waals surface area contributed by atoms with Crippen LogP contribution in [0.4, 0.5) is 0 Å². The predicted octanol–water partition coefficient (Wildman–Crippen LogP) is 3.56. The highest BCUT2D eigenvalue weighted by atomic mass is 32.1. The number of hydrogen-bond donors (Lipinski definition) is 0. The molecule has 3 aliphatic rings. The molecule has 2 aliphatic heterocycles. The molecule has 2 unspecified atom stereocenters. The Bertz CT molecular complexity index is 1250. The van der Waals surface area contributed by atoms with Gasteiger partial charge in [0.15, 0.2) is 5.65 Å². The van der Waals surface area contributed by atoms with Gasteiger partial charge in [-0.1, -0.05) is 26.8 Å². The molecule has 0 N–H and O–H groups in total. The summed E-state index contributed by atoms with van der Waals surface area (Å²) in [5, 5.41) is 1.81. The maximum Gasteiger partial charge on any atom is 0.330 e. The predicted molar refractivity (Wildman–Crippen MR) is 122 cm³/mol. The van der Waals surface area contributed by atoms with E-state index in [-0.39, 0.29) is 29.0 Å². The van der Waals surface area contributed by atoms with Gasteiger partial charge in [-0.2, -0.15) is 0 Å². The average Bonchev–Trinajstić information content (AvgIpc) is 3.36. The zero-order chi connectivity index (χ0) is 21.9. The molecule has 0 spiro atoms. The van der Waals surface area contributed by atoms with E-state index in [1.165, 1.54) is 17.1 Å². The van der Waals surface area contributed by atoms with Crippen LogP contribution in [0.3, 0.4) is 0 Å². The Balaban J connectivity index is 1.50. The lowest BCUT2D eigenvalue weighted by atomic mass is 9.78. The molecule has 1 amide bonds. The van der Waals surface area contributed by atoms with Crippen molar-refractivity contribution in [1.82, 2.24) is 23.4 Å². The molecule has 3 aromatic heterocycles. The molecule has 3 aromatic rings. The largest absolute Gasteiger partial charge is 0.332 e. The number of pyridine rings is 1. The Morgan fingerprint density at radius 1 is 1.26 bits per heavy atom. The Labute approximate surface area is 185 Å². The molecule has 8 heteroatoms. The van der Waals surface area contributed by atoms with E-state index in [0.717, 1.165) is 24.1 Å². The van der Waals surface area contributed by atoms with Crippen LogP contribution in [0.2, 0.25) is 0 Å². The minimum atomic E-state index is -0.0325. The van der Waals surface area contributed by atoms with Crippen molar-refractivity contribution in [3.05, 3.63) is 51.5 Å². The van der Waals surface area contributed by atoms with Crippen LogP contribution < -0.4 is 5.69 Å². The number of aromatic nitrogens is 4. The molecule has 5 heterocycles. The average molecular weight is 438 g/mol. The topological polar surface area (TPSA) is 73.0 Å². The summed E-state index contributed by atoms with van der Waals surface area (Å²) in [6.45, 7) is 7.73. The van der Waals surface area contributed by atoms with Gasteiger partial charge in [0.25, 0.3) is 5.91 Å². The molecule has 6 rings (SSSR count). The molecule has 31 heavy (non-hydrogen) atoms. The van der Waals surface area contributed by atoms with Crippen molar-refractivity contribution >= 4 is 34.2 Å². The third kappa shape index (κ3) is 3.43. The molecule has 1 saturated heterocycles. The van der Waals surface area contributed by atoms with E-state index in [0.29, 0.717) is 24.3 Å². The third-order valence-corrected chi connectivity index (χ3v) is 6.88. The molecule has 0 saturated carbocycles. The van der Waals surface area contributed by atoms with Gasteiger partial charge in [0, 0.05) is 31.4 Å². The summed E-state index contributed by atoms with van der Waals surface area (Å²) in [6.07, 6.45) is 5.87. The van der Waals surface area contributed by atoms with E-state index < -0.39 is 0 Å². The minimum Gasteiger partial charge on any atom is -0.332 e. The molecule has 2 bridgehead atoms. The van der Waals surface area contributed by atoms with Crippen LogP contribution in [0, 0.1) is 11.3 Å². The van der Waals surface area contributed by atoms with Gasteiger partial charge in [0.05, 0.1) is 29.0 Å². The number of piperidine rings is 1. The van der Waals surface area contributed by atoms with Crippen LogP contribution in [0.25, 0.3) is 16.7 Å². The van der Waals surface area contributed by atoms with Crippen molar-refractivity contribution in [1.29, 1.82) is 0 Å². The van der Waals surface area contributed by atoms with Crippen LogP contribution in [-0.4, -0.2) is 41.9 Å². The zero-order valence-electron chi connectivity index (χ0n) is 18.3. The molecule has 0 aromatic carbocycles. The monoisotopic (exact) mass is 437 g/mol. The fourth-order valence-electron chi connectivity index (χ4n) is 4.83. The first-order valence-electron chi connectivity index (χ1n) is 10.7. The summed E-state index contributed by atoms with van der Waals surface area (Å²) in [4.78, 5) is 32.6. The first kappa shape index (κ1) is 20.2. The maximum atomic E-state index is 12.9. The number of aryl methyl sites for hydroxylation is 1. The summed E-state index contributed by atoms with van der Waals surface area (Å²) >= 11 is 1.31. The fraction of sp³-hybridized carbons (Fsp3) is 0.478. The van der Waals surface area contributed by atoms with Gasteiger partial charge in [-0.15, -0.1) is 0 Å². The number of imidazole rings is 1. The quantitative estimate of drug-likeness (QED) is 0.628. The van der Waals surface area contributed by atoms with Crippen LogP contribution in [0.5, 0.6) is 0 Å². The SMILES string of the molecule is Cn1c(=O)n(CC(C)(C)C)c2ccc(C3=CC4CCC3CN4C(=O)c3cnsc3)nc21. The Kier molecular flexibility index (Phi) is 4.66. The maximum absolute atomic E-state index is 12.9. The Morgan fingerprint density at radius 2 is 2.06 bits per heavy atom. The first-order chi connectivity index (χ1) is 14.7. The van der Waals surface area contributed by atoms with Gasteiger partial charge >= 0.3 is 5.69 Å². The Morgan fingerprint density at radius 3 is 2.71 bits per heavy atom. The van der Waals surface area contributed by atoms with Gasteiger partial charge in [0.2, 0.25) is 0 Å². The van der Waals surface area contributed by atoms with Crippen molar-refractivity contribution < 1.29 is 4.79 Å². The number of carbonyl (C=O) groups is 1. The van der Waals surface area contributed by atoms with Gasteiger partial charge in [-0.25, -0.2) is 14.2 Å². The van der Waals surface area contributed by atoms with Gasteiger partial charge < -0.3 is 4.90 Å². The van der Waals surface area contributed by atoms with Crippen LogP contribution in [-0.2, 0) is 13.6 Å². The molecule has 2 atom stereocenters. The van der Waals surface area contributed by atoms with Crippen LogP contribution in [0.1, 0.15) is 49.7 Å². The van der Waals surface area contributed by atoms with E-state index in [4.69, 9.17) is 4.98 Å². The number of amides is 1. The molecular formula is C23H27N5O2S. The summed E-state index contributed by atoms with van der Waals surface area (Å²) in [5.41, 5.74) is 4.32. The summed E-state index contributed by atoms with van der Waals surface area (Å²) in [5.74, 6) is 0.322. The normalized spacial score (nSPS) is 21.0. The van der Waals surface area contributed by atoms with E-state index in [1.807, 2.05) is 27.0 Å². The van der Waals surface area contributed by atoms with Crippen LogP contribution >= 0.6 is 11.5 Å². The van der Waals surface area contributed by atoms with E-state index in [2.05, 4.69) is 31.2 Å². The number of carbonyl (C=O) groups excluding carboxylic acids is 1. The lowest BCUT2D eigenvalue weighted by Gasteiger charge is -2.44. The lowest BCUT2D eigenvalue weighted by Crippen LogP contribution is -2.49. The molecular weight excluding hydrogens is 410 g/mol. The second-order valence-corrected chi connectivity index (χ2v) is 10.5.